The average Bonchev–Trinajstić information content (AvgIpc) is 2.82. The Balaban J connectivity index is 2.09. The molecule has 0 radical (unpaired) electrons. The molecule has 4 nitrogen and oxygen atoms in total. The average molecular weight is 331 g/mol. The van der Waals surface area contributed by atoms with Crippen LogP contribution in [0.5, 0.6) is 0 Å². The maximum absolute atomic E-state index is 12.2. The van der Waals surface area contributed by atoms with E-state index in [4.69, 9.17) is 21.3 Å². The van der Waals surface area contributed by atoms with Gasteiger partial charge in [-0.15, -0.1) is 0 Å². The lowest BCUT2D eigenvalue weighted by Gasteiger charge is -2.28. The summed E-state index contributed by atoms with van der Waals surface area (Å²) in [5, 5.41) is 0.655. The predicted molar refractivity (Wildman–Crippen MR) is 92.3 cm³/mol. The predicted octanol–water partition coefficient (Wildman–Crippen LogP) is 3.68. The lowest BCUT2D eigenvalue weighted by atomic mass is 9.98. The van der Waals surface area contributed by atoms with E-state index in [0.29, 0.717) is 17.2 Å². The molecule has 0 amide bonds. The minimum atomic E-state index is -0.321. The van der Waals surface area contributed by atoms with Gasteiger partial charge in [-0.1, -0.05) is 23.7 Å². The van der Waals surface area contributed by atoms with Crippen molar-refractivity contribution < 1.29 is 9.53 Å². The van der Waals surface area contributed by atoms with Crippen LogP contribution >= 0.6 is 11.6 Å². The van der Waals surface area contributed by atoms with Crippen LogP contribution in [-0.2, 0) is 9.53 Å². The summed E-state index contributed by atoms with van der Waals surface area (Å²) in [4.78, 5) is 19.0. The molecule has 0 N–H and O–H groups in total. The molecule has 2 aliphatic rings. The monoisotopic (exact) mass is 330 g/mol. The zero-order valence-electron chi connectivity index (χ0n) is 13.4. The molecule has 120 valence electrons. The first-order chi connectivity index (χ1) is 11.0. The number of carbonyl (C=O) groups is 1. The first kappa shape index (κ1) is 15.8. The summed E-state index contributed by atoms with van der Waals surface area (Å²) in [7, 11) is 0. The molecule has 2 unspecified atom stereocenters. The fraction of sp³-hybridized carbons (Fsp3) is 0.333. The molecule has 1 aromatic rings. The maximum atomic E-state index is 12.2. The van der Waals surface area contributed by atoms with Gasteiger partial charge < -0.3 is 9.64 Å². The van der Waals surface area contributed by atoms with E-state index in [-0.39, 0.29) is 18.1 Å². The van der Waals surface area contributed by atoms with Crippen molar-refractivity contribution in [1.82, 2.24) is 4.90 Å². The van der Waals surface area contributed by atoms with Crippen molar-refractivity contribution in [2.24, 2.45) is 4.99 Å². The van der Waals surface area contributed by atoms with Crippen molar-refractivity contribution >= 4 is 29.0 Å². The van der Waals surface area contributed by atoms with Gasteiger partial charge in [-0.2, -0.15) is 0 Å². The molecular weight excluding hydrogens is 312 g/mol. The Morgan fingerprint density at radius 3 is 2.87 bits per heavy atom. The molecule has 0 bridgehead atoms. The minimum absolute atomic E-state index is 0.158. The molecule has 2 atom stereocenters. The Hall–Kier alpha value is -2.07. The Morgan fingerprint density at radius 1 is 1.39 bits per heavy atom. The highest BCUT2D eigenvalue weighted by molar-refractivity contribution is 6.31. The van der Waals surface area contributed by atoms with Gasteiger partial charge in [0.05, 0.1) is 24.3 Å². The quantitative estimate of drug-likeness (QED) is 0.794. The molecule has 0 spiro atoms. The molecule has 0 aliphatic carbocycles. The van der Waals surface area contributed by atoms with E-state index in [1.165, 1.54) is 0 Å². The zero-order valence-corrected chi connectivity index (χ0v) is 14.2. The largest absolute Gasteiger partial charge is 0.462 e. The molecule has 2 heterocycles. The number of carbonyl (C=O) groups excluding carboxylic acids is 1. The first-order valence-electron chi connectivity index (χ1n) is 7.74. The third-order valence-electron chi connectivity index (χ3n) is 4.17. The molecule has 1 aromatic carbocycles. The highest BCUT2D eigenvalue weighted by Crippen LogP contribution is 2.33. The Labute approximate surface area is 141 Å². The van der Waals surface area contributed by atoms with Crippen LogP contribution in [0.4, 0.5) is 0 Å². The SMILES string of the molecule is CCOC(=O)C1=CN2C(=NC(C)C2C)C(c2cccc(Cl)c2)=C1. The number of amidine groups is 1. The minimum Gasteiger partial charge on any atom is -0.462 e. The van der Waals surface area contributed by atoms with Crippen LogP contribution in [0.2, 0.25) is 5.02 Å². The van der Waals surface area contributed by atoms with Gasteiger partial charge in [0.1, 0.15) is 5.84 Å². The van der Waals surface area contributed by atoms with Crippen molar-refractivity contribution in [3.8, 4) is 0 Å². The Kier molecular flexibility index (Phi) is 4.26. The number of esters is 1. The summed E-state index contributed by atoms with van der Waals surface area (Å²) in [6.07, 6.45) is 3.67. The molecule has 0 aromatic heterocycles. The van der Waals surface area contributed by atoms with Gasteiger partial charge in [0, 0.05) is 16.8 Å². The summed E-state index contributed by atoms with van der Waals surface area (Å²) in [6.45, 7) is 6.32. The molecule has 23 heavy (non-hydrogen) atoms. The highest BCUT2D eigenvalue weighted by Gasteiger charge is 2.35. The van der Waals surface area contributed by atoms with Gasteiger partial charge in [-0.05, 0) is 44.5 Å². The summed E-state index contributed by atoms with van der Waals surface area (Å²) < 4.78 is 5.16. The summed E-state index contributed by atoms with van der Waals surface area (Å²) in [6, 6.07) is 7.93. The van der Waals surface area contributed by atoms with Crippen molar-refractivity contribution in [3.63, 3.8) is 0 Å². The maximum Gasteiger partial charge on any atom is 0.339 e. The third-order valence-corrected chi connectivity index (χ3v) is 4.41. The Bertz CT molecular complexity index is 736. The molecule has 0 fully saturated rings. The number of rotatable bonds is 3. The number of benzene rings is 1. The van der Waals surface area contributed by atoms with E-state index in [0.717, 1.165) is 17.0 Å². The van der Waals surface area contributed by atoms with E-state index < -0.39 is 0 Å². The summed E-state index contributed by atoms with van der Waals surface area (Å²) in [5.74, 6) is 0.554. The second kappa shape index (κ2) is 6.20. The van der Waals surface area contributed by atoms with E-state index in [1.807, 2.05) is 41.4 Å². The van der Waals surface area contributed by atoms with Gasteiger partial charge in [0.25, 0.3) is 0 Å². The normalized spacial score (nSPS) is 23.0. The van der Waals surface area contributed by atoms with E-state index in [1.54, 1.807) is 6.92 Å². The van der Waals surface area contributed by atoms with Crippen LogP contribution in [-0.4, -0.2) is 35.4 Å². The van der Waals surface area contributed by atoms with Crippen LogP contribution in [0.15, 0.2) is 47.1 Å². The number of hydrogen-bond donors (Lipinski definition) is 0. The molecule has 3 rings (SSSR count). The molecule has 2 aliphatic heterocycles. The standard InChI is InChI=1S/C18H19ClN2O2/c1-4-23-18(22)14-9-16(13-6-5-7-15(19)8-13)17-20-11(2)12(3)21(17)10-14/h5-12H,4H2,1-3H3. The van der Waals surface area contributed by atoms with Crippen LogP contribution in [0.3, 0.4) is 0 Å². The fourth-order valence-electron chi connectivity index (χ4n) is 2.78. The smallest absolute Gasteiger partial charge is 0.339 e. The number of ether oxygens (including phenoxy) is 1. The Morgan fingerprint density at radius 2 is 2.17 bits per heavy atom. The topological polar surface area (TPSA) is 41.9 Å². The lowest BCUT2D eigenvalue weighted by Crippen LogP contribution is -2.35. The highest BCUT2D eigenvalue weighted by atomic mass is 35.5. The number of hydrogen-bond acceptors (Lipinski definition) is 4. The second-order valence-electron chi connectivity index (χ2n) is 5.71. The van der Waals surface area contributed by atoms with Crippen molar-refractivity contribution in [2.45, 2.75) is 32.9 Å². The van der Waals surface area contributed by atoms with Gasteiger partial charge >= 0.3 is 5.97 Å². The molecule has 5 heteroatoms. The van der Waals surface area contributed by atoms with Crippen LogP contribution in [0.1, 0.15) is 26.3 Å². The molecular formula is C18H19ClN2O2. The third kappa shape index (κ3) is 2.91. The zero-order chi connectivity index (χ0) is 16.6. The van der Waals surface area contributed by atoms with E-state index in [2.05, 4.69) is 13.8 Å². The van der Waals surface area contributed by atoms with E-state index >= 15 is 0 Å². The van der Waals surface area contributed by atoms with Crippen molar-refractivity contribution in [1.29, 1.82) is 0 Å². The summed E-state index contributed by atoms with van der Waals surface area (Å²) in [5.41, 5.74) is 2.37. The van der Waals surface area contributed by atoms with Gasteiger partial charge in [0.2, 0.25) is 0 Å². The van der Waals surface area contributed by atoms with Crippen LogP contribution in [0, 0.1) is 0 Å². The van der Waals surface area contributed by atoms with Crippen LogP contribution < -0.4 is 0 Å². The fourth-order valence-corrected chi connectivity index (χ4v) is 2.97. The van der Waals surface area contributed by atoms with Gasteiger partial charge in [-0.3, -0.25) is 4.99 Å². The molecule has 0 saturated carbocycles. The first-order valence-corrected chi connectivity index (χ1v) is 8.12. The van der Waals surface area contributed by atoms with Crippen LogP contribution in [0.25, 0.3) is 5.57 Å². The van der Waals surface area contributed by atoms with Crippen molar-refractivity contribution in [2.75, 3.05) is 6.61 Å². The number of nitrogens with zero attached hydrogens (tertiary/aromatic N) is 2. The number of halogens is 1. The van der Waals surface area contributed by atoms with Gasteiger partial charge in [-0.25, -0.2) is 4.79 Å². The number of fused-ring (bicyclic) bond motifs is 1. The lowest BCUT2D eigenvalue weighted by molar-refractivity contribution is -0.138. The van der Waals surface area contributed by atoms with Gasteiger partial charge in [0.15, 0.2) is 0 Å². The second-order valence-corrected chi connectivity index (χ2v) is 6.15. The summed E-state index contributed by atoms with van der Waals surface area (Å²) >= 11 is 6.13. The van der Waals surface area contributed by atoms with Crippen molar-refractivity contribution in [3.05, 3.63) is 52.7 Å². The number of aliphatic imine (C=N–C) groups is 1. The molecule has 0 saturated heterocycles. The van der Waals surface area contributed by atoms with E-state index in [9.17, 15) is 4.79 Å².